The molecule has 0 aromatic carbocycles. The molecule has 1 aliphatic rings. The van der Waals surface area contributed by atoms with E-state index < -0.39 is 48.3 Å². The van der Waals surface area contributed by atoms with Crippen LogP contribution in [-0.4, -0.2) is 63.5 Å². The monoisotopic (exact) mass is 301 g/mol. The molecular formula is C12H19N3O6. The fourth-order valence-electron chi connectivity index (χ4n) is 2.19. The van der Waals surface area contributed by atoms with Gasteiger partial charge in [0.05, 0.1) is 6.42 Å². The molecule has 0 bridgehead atoms. The number of nitrogens with zero attached hydrogens (tertiary/aromatic N) is 1. The van der Waals surface area contributed by atoms with Gasteiger partial charge in [0.15, 0.2) is 0 Å². The van der Waals surface area contributed by atoms with Crippen LogP contribution in [0.1, 0.15) is 26.2 Å². The highest BCUT2D eigenvalue weighted by Gasteiger charge is 2.36. The van der Waals surface area contributed by atoms with Gasteiger partial charge in [0.1, 0.15) is 18.1 Å². The lowest BCUT2D eigenvalue weighted by Crippen LogP contribution is -2.51. The summed E-state index contributed by atoms with van der Waals surface area (Å²) in [6.45, 7) is 1.74. The number of carbonyl (C=O) groups excluding carboxylic acids is 2. The third kappa shape index (κ3) is 4.42. The van der Waals surface area contributed by atoms with Crippen LogP contribution in [-0.2, 0) is 19.2 Å². The van der Waals surface area contributed by atoms with Gasteiger partial charge in [-0.2, -0.15) is 0 Å². The van der Waals surface area contributed by atoms with Crippen molar-refractivity contribution in [3.05, 3.63) is 0 Å². The highest BCUT2D eigenvalue weighted by Crippen LogP contribution is 2.18. The van der Waals surface area contributed by atoms with Crippen LogP contribution < -0.4 is 11.1 Å². The van der Waals surface area contributed by atoms with Crippen LogP contribution in [0.4, 0.5) is 0 Å². The zero-order valence-corrected chi connectivity index (χ0v) is 11.6. The summed E-state index contributed by atoms with van der Waals surface area (Å²) in [7, 11) is 0. The van der Waals surface area contributed by atoms with Crippen molar-refractivity contribution in [2.24, 2.45) is 5.73 Å². The van der Waals surface area contributed by atoms with Crippen LogP contribution >= 0.6 is 0 Å². The van der Waals surface area contributed by atoms with E-state index in [0.717, 1.165) is 0 Å². The Kier molecular flexibility index (Phi) is 5.65. The zero-order chi connectivity index (χ0) is 16.2. The summed E-state index contributed by atoms with van der Waals surface area (Å²) in [5, 5.41) is 19.9. The third-order valence-electron chi connectivity index (χ3n) is 3.29. The van der Waals surface area contributed by atoms with Crippen molar-refractivity contribution in [2.75, 3.05) is 6.54 Å². The molecule has 21 heavy (non-hydrogen) atoms. The molecule has 3 atom stereocenters. The molecule has 1 heterocycles. The number of carbonyl (C=O) groups is 4. The average Bonchev–Trinajstić information content (AvgIpc) is 2.86. The van der Waals surface area contributed by atoms with Gasteiger partial charge in [0.2, 0.25) is 11.8 Å². The molecule has 0 aromatic rings. The van der Waals surface area contributed by atoms with Crippen LogP contribution in [0.15, 0.2) is 0 Å². The van der Waals surface area contributed by atoms with Crippen molar-refractivity contribution in [3.63, 3.8) is 0 Å². The summed E-state index contributed by atoms with van der Waals surface area (Å²) >= 11 is 0. The number of nitrogens with one attached hydrogen (secondary N) is 1. The number of hydrogen-bond acceptors (Lipinski definition) is 5. The molecular weight excluding hydrogens is 282 g/mol. The SMILES string of the molecule is C[C@H](NC(=O)C[C@H](N)C(=O)O)C(=O)N1CCC[C@H]1C(=O)O. The lowest BCUT2D eigenvalue weighted by Gasteiger charge is -2.25. The average molecular weight is 301 g/mol. The van der Waals surface area contributed by atoms with E-state index in [0.29, 0.717) is 19.4 Å². The fourth-order valence-corrected chi connectivity index (χ4v) is 2.19. The Morgan fingerprint density at radius 3 is 2.48 bits per heavy atom. The maximum atomic E-state index is 12.1. The second kappa shape index (κ2) is 7.02. The van der Waals surface area contributed by atoms with Crippen molar-refractivity contribution in [1.29, 1.82) is 0 Å². The number of amides is 2. The van der Waals surface area contributed by atoms with Gasteiger partial charge in [0, 0.05) is 6.54 Å². The highest BCUT2D eigenvalue weighted by atomic mass is 16.4. The van der Waals surface area contributed by atoms with Gasteiger partial charge in [0.25, 0.3) is 0 Å². The molecule has 0 spiro atoms. The van der Waals surface area contributed by atoms with E-state index in [9.17, 15) is 19.2 Å². The predicted octanol–water partition coefficient (Wildman–Crippen LogP) is -1.63. The third-order valence-corrected chi connectivity index (χ3v) is 3.29. The van der Waals surface area contributed by atoms with Gasteiger partial charge in [-0.15, -0.1) is 0 Å². The summed E-state index contributed by atoms with van der Waals surface area (Å²) in [5.41, 5.74) is 5.22. The molecule has 1 fully saturated rings. The smallest absolute Gasteiger partial charge is 0.326 e. The van der Waals surface area contributed by atoms with E-state index in [1.165, 1.54) is 11.8 Å². The Morgan fingerprint density at radius 2 is 1.95 bits per heavy atom. The molecule has 0 saturated carbocycles. The predicted molar refractivity (Wildman–Crippen MR) is 70.2 cm³/mol. The molecule has 1 rings (SSSR count). The van der Waals surface area contributed by atoms with Crippen molar-refractivity contribution in [1.82, 2.24) is 10.2 Å². The maximum absolute atomic E-state index is 12.1. The van der Waals surface area contributed by atoms with Crippen LogP contribution in [0, 0.1) is 0 Å². The largest absolute Gasteiger partial charge is 0.480 e. The second-order valence-electron chi connectivity index (χ2n) is 4.97. The number of likely N-dealkylation sites (tertiary alicyclic amines) is 1. The Labute approximate surface area is 121 Å². The van der Waals surface area contributed by atoms with Crippen LogP contribution in [0.5, 0.6) is 0 Å². The summed E-state index contributed by atoms with van der Waals surface area (Å²) in [4.78, 5) is 46.4. The maximum Gasteiger partial charge on any atom is 0.326 e. The quantitative estimate of drug-likeness (QED) is 0.460. The molecule has 118 valence electrons. The van der Waals surface area contributed by atoms with Gasteiger partial charge in [-0.3, -0.25) is 14.4 Å². The molecule has 1 saturated heterocycles. The second-order valence-corrected chi connectivity index (χ2v) is 4.97. The van der Waals surface area contributed by atoms with E-state index in [1.807, 2.05) is 0 Å². The van der Waals surface area contributed by atoms with E-state index in [4.69, 9.17) is 15.9 Å². The van der Waals surface area contributed by atoms with E-state index in [1.54, 1.807) is 0 Å². The first kappa shape index (κ1) is 16.9. The highest BCUT2D eigenvalue weighted by molar-refractivity contribution is 5.91. The fraction of sp³-hybridized carbons (Fsp3) is 0.667. The van der Waals surface area contributed by atoms with E-state index >= 15 is 0 Å². The van der Waals surface area contributed by atoms with Gasteiger partial charge >= 0.3 is 11.9 Å². The number of carboxylic acids is 2. The zero-order valence-electron chi connectivity index (χ0n) is 11.6. The first-order valence-electron chi connectivity index (χ1n) is 6.55. The molecule has 1 aliphatic heterocycles. The molecule has 0 radical (unpaired) electrons. The number of hydrogen-bond donors (Lipinski definition) is 4. The Hall–Kier alpha value is -2.16. The Balaban J connectivity index is 2.56. The van der Waals surface area contributed by atoms with Gasteiger partial charge in [-0.1, -0.05) is 0 Å². The summed E-state index contributed by atoms with van der Waals surface area (Å²) in [6.07, 6.45) is 0.522. The number of rotatable bonds is 6. The molecule has 9 nitrogen and oxygen atoms in total. The molecule has 2 amide bonds. The van der Waals surface area contributed by atoms with Crippen molar-refractivity contribution in [3.8, 4) is 0 Å². The van der Waals surface area contributed by atoms with E-state index in [2.05, 4.69) is 5.32 Å². The lowest BCUT2D eigenvalue weighted by atomic mass is 10.2. The summed E-state index contributed by atoms with van der Waals surface area (Å²) < 4.78 is 0. The minimum atomic E-state index is -1.34. The van der Waals surface area contributed by atoms with Gasteiger partial charge in [-0.25, -0.2) is 4.79 Å². The Morgan fingerprint density at radius 1 is 1.33 bits per heavy atom. The normalized spacial score (nSPS) is 20.7. The van der Waals surface area contributed by atoms with Crippen molar-refractivity contribution >= 4 is 23.8 Å². The van der Waals surface area contributed by atoms with Crippen molar-refractivity contribution in [2.45, 2.75) is 44.3 Å². The topological polar surface area (TPSA) is 150 Å². The lowest BCUT2D eigenvalue weighted by molar-refractivity contribution is -0.149. The molecule has 0 aromatic heterocycles. The van der Waals surface area contributed by atoms with Gasteiger partial charge < -0.3 is 26.2 Å². The number of nitrogens with two attached hydrogens (primary N) is 1. The minimum Gasteiger partial charge on any atom is -0.480 e. The Bertz CT molecular complexity index is 452. The van der Waals surface area contributed by atoms with Crippen LogP contribution in [0.25, 0.3) is 0 Å². The van der Waals surface area contributed by atoms with Crippen LogP contribution in [0.3, 0.4) is 0 Å². The first-order chi connectivity index (χ1) is 9.73. The molecule has 0 unspecified atom stereocenters. The summed E-state index contributed by atoms with van der Waals surface area (Å²) in [6, 6.07) is -3.15. The molecule has 9 heteroatoms. The number of aliphatic carboxylic acids is 2. The standard InChI is InChI=1S/C12H19N3O6/c1-6(14-9(16)5-7(13)11(18)19)10(17)15-4-2-3-8(15)12(20)21/h6-8H,2-5,13H2,1H3,(H,14,16)(H,18,19)(H,20,21)/t6-,7-,8-/m0/s1. The van der Waals surface area contributed by atoms with Crippen molar-refractivity contribution < 1.29 is 29.4 Å². The van der Waals surface area contributed by atoms with Crippen LogP contribution in [0.2, 0.25) is 0 Å². The minimum absolute atomic E-state index is 0.324. The van der Waals surface area contributed by atoms with Gasteiger partial charge in [-0.05, 0) is 19.8 Å². The van der Waals surface area contributed by atoms with E-state index in [-0.39, 0.29) is 0 Å². The summed E-state index contributed by atoms with van der Waals surface area (Å²) in [5.74, 6) is -3.56. The number of carboxylic acid groups (broad SMARTS) is 2. The molecule has 5 N–H and O–H groups in total. The molecule has 0 aliphatic carbocycles. The first-order valence-corrected chi connectivity index (χ1v) is 6.55.